The second-order valence-corrected chi connectivity index (χ2v) is 17.1. The lowest BCUT2D eigenvalue weighted by Gasteiger charge is -2.30. The van der Waals surface area contributed by atoms with E-state index in [2.05, 4.69) is 272 Å². The Morgan fingerprint density at radius 3 is 1.44 bits per heavy atom. The quantitative estimate of drug-likeness (QED) is 0.134. The van der Waals surface area contributed by atoms with Crippen LogP contribution in [-0.2, 0) is 0 Å². The molecule has 0 N–H and O–H groups in total. The summed E-state index contributed by atoms with van der Waals surface area (Å²) in [5, 5.41) is 0. The molecule has 0 radical (unpaired) electrons. The van der Waals surface area contributed by atoms with Crippen LogP contribution in [0.15, 0.2) is 261 Å². The molecule has 66 heavy (non-hydrogen) atoms. The van der Waals surface area contributed by atoms with Crippen molar-refractivity contribution < 1.29 is 0 Å². The first-order chi connectivity index (χ1) is 32.7. The maximum Gasteiger partial charge on any atom is 0.145 e. The summed E-state index contributed by atoms with van der Waals surface area (Å²) in [6, 6.07) is 85.3. The molecule has 2 nitrogen and oxygen atoms in total. The van der Waals surface area contributed by atoms with E-state index < -0.39 is 0 Å². The first-order valence-electron chi connectivity index (χ1n) is 22.9. The lowest BCUT2D eigenvalue weighted by molar-refractivity contribution is 0.638. The van der Waals surface area contributed by atoms with Gasteiger partial charge >= 0.3 is 0 Å². The monoisotopic (exact) mass is 844 g/mol. The average Bonchev–Trinajstić information content (AvgIpc) is 3.81. The van der Waals surface area contributed by atoms with Crippen molar-refractivity contribution in [2.24, 2.45) is 5.92 Å². The summed E-state index contributed by atoms with van der Waals surface area (Å²) < 4.78 is 2.33. The molecule has 0 saturated heterocycles. The Morgan fingerprint density at radius 2 is 0.848 bits per heavy atom. The van der Waals surface area contributed by atoms with Gasteiger partial charge in [0.2, 0.25) is 0 Å². The molecule has 2 heteroatoms. The van der Waals surface area contributed by atoms with Crippen molar-refractivity contribution in [2.45, 2.75) is 12.8 Å². The minimum Gasteiger partial charge on any atom is -0.292 e. The van der Waals surface area contributed by atoms with Crippen molar-refractivity contribution in [3.05, 3.63) is 266 Å². The number of nitrogens with zero attached hydrogens (tertiary/aromatic N) is 2. The van der Waals surface area contributed by atoms with Gasteiger partial charge in [-0.15, -0.1) is 0 Å². The minimum absolute atomic E-state index is 0.186. The Morgan fingerprint density at radius 1 is 0.364 bits per heavy atom. The van der Waals surface area contributed by atoms with Crippen molar-refractivity contribution in [2.75, 3.05) is 0 Å². The Hall–Kier alpha value is -8.33. The Labute approximate surface area is 388 Å². The van der Waals surface area contributed by atoms with Crippen LogP contribution < -0.4 is 0 Å². The Kier molecular flexibility index (Phi) is 11.1. The third-order valence-corrected chi connectivity index (χ3v) is 13.0. The molecular formula is C64H48N2. The molecule has 9 aromatic carbocycles. The molecule has 0 amide bonds. The van der Waals surface area contributed by atoms with Gasteiger partial charge in [0, 0.05) is 28.3 Å². The van der Waals surface area contributed by atoms with E-state index >= 15 is 0 Å². The first-order valence-corrected chi connectivity index (χ1v) is 22.9. The molecule has 2 atom stereocenters. The van der Waals surface area contributed by atoms with Crippen LogP contribution in [0.4, 0.5) is 0 Å². The second kappa shape index (κ2) is 18.0. The molecule has 314 valence electrons. The van der Waals surface area contributed by atoms with Gasteiger partial charge in [0.15, 0.2) is 0 Å². The molecule has 0 aliphatic heterocycles. The van der Waals surface area contributed by atoms with Gasteiger partial charge in [-0.1, -0.05) is 244 Å². The van der Waals surface area contributed by atoms with E-state index in [0.29, 0.717) is 5.92 Å². The number of allylic oxidation sites excluding steroid dienone is 4. The van der Waals surface area contributed by atoms with E-state index in [1.54, 1.807) is 0 Å². The van der Waals surface area contributed by atoms with E-state index in [9.17, 15) is 0 Å². The maximum absolute atomic E-state index is 5.42. The average molecular weight is 845 g/mol. The van der Waals surface area contributed by atoms with Crippen LogP contribution in [0.2, 0.25) is 0 Å². The van der Waals surface area contributed by atoms with Gasteiger partial charge in [-0.2, -0.15) is 0 Å². The second-order valence-electron chi connectivity index (χ2n) is 17.1. The van der Waals surface area contributed by atoms with Gasteiger partial charge in [0.1, 0.15) is 5.82 Å². The molecule has 1 aliphatic rings. The van der Waals surface area contributed by atoms with Crippen LogP contribution in [0, 0.1) is 5.92 Å². The summed E-state index contributed by atoms with van der Waals surface area (Å²) in [5.74, 6) is 1.41. The van der Waals surface area contributed by atoms with E-state index in [4.69, 9.17) is 4.98 Å². The van der Waals surface area contributed by atoms with Gasteiger partial charge in [-0.25, -0.2) is 4.98 Å². The van der Waals surface area contributed by atoms with Crippen molar-refractivity contribution in [3.8, 4) is 95.2 Å². The fourth-order valence-electron chi connectivity index (χ4n) is 9.80. The van der Waals surface area contributed by atoms with Gasteiger partial charge in [0.05, 0.1) is 11.4 Å². The number of hydrogen-bond donors (Lipinski definition) is 0. The zero-order valence-electron chi connectivity index (χ0n) is 36.9. The van der Waals surface area contributed by atoms with Crippen LogP contribution >= 0.6 is 0 Å². The molecule has 0 fully saturated rings. The molecule has 0 bridgehead atoms. The van der Waals surface area contributed by atoms with Crippen LogP contribution in [0.3, 0.4) is 0 Å². The highest BCUT2D eigenvalue weighted by molar-refractivity contribution is 6.01. The first kappa shape index (κ1) is 40.4. The van der Waals surface area contributed by atoms with Crippen LogP contribution in [0.5, 0.6) is 0 Å². The van der Waals surface area contributed by atoms with E-state index in [-0.39, 0.29) is 5.92 Å². The fraction of sp³-hybridized carbons (Fsp3) is 0.0469. The SMILES string of the molecule is CC1C=CC=CC1c1c(-c2ccccc2)cc(-c2cccc(-c3ccc(-n4c(-c5ccccc5)nc(-c5ccccc5)c4-c4ccccc4)cc3)c2)c(-c2ccccc2)c1-c1ccccc1. The molecule has 0 spiro atoms. The lowest BCUT2D eigenvalue weighted by atomic mass is 9.73. The molecular weight excluding hydrogens is 797 g/mol. The number of aromatic nitrogens is 2. The highest BCUT2D eigenvalue weighted by atomic mass is 15.1. The molecule has 0 saturated carbocycles. The summed E-state index contributed by atoms with van der Waals surface area (Å²) in [4.78, 5) is 5.42. The standard InChI is InChI=1S/C64H48N2/c1-45-23-20-21-38-56(45)61-57(47-24-8-2-9-25-47)44-58(59(48-26-10-3-11-27-48)60(61)49-28-12-4-13-29-49)54-37-22-36-53(43-54)46-39-41-55(42-40-46)66-63(51-32-16-6-17-33-51)62(50-30-14-5-15-31-50)65-64(66)52-34-18-7-19-35-52/h2-45,56H,1H3. The van der Waals surface area contributed by atoms with Gasteiger partial charge in [0.25, 0.3) is 0 Å². The minimum atomic E-state index is 0.186. The Balaban J connectivity index is 1.10. The van der Waals surface area contributed by atoms with Crippen molar-refractivity contribution in [3.63, 3.8) is 0 Å². The largest absolute Gasteiger partial charge is 0.292 e. The molecule has 2 unspecified atom stereocenters. The number of hydrogen-bond acceptors (Lipinski definition) is 1. The highest BCUT2D eigenvalue weighted by Gasteiger charge is 2.29. The third-order valence-electron chi connectivity index (χ3n) is 13.0. The summed E-state index contributed by atoms with van der Waals surface area (Å²) in [5.41, 5.74) is 19.7. The lowest BCUT2D eigenvalue weighted by Crippen LogP contribution is -2.12. The van der Waals surface area contributed by atoms with Crippen molar-refractivity contribution in [1.82, 2.24) is 9.55 Å². The molecule has 10 aromatic rings. The predicted molar refractivity (Wildman–Crippen MR) is 277 cm³/mol. The van der Waals surface area contributed by atoms with Crippen LogP contribution in [-0.4, -0.2) is 9.55 Å². The zero-order valence-corrected chi connectivity index (χ0v) is 36.9. The third kappa shape index (κ3) is 7.73. The molecule has 1 aromatic heterocycles. The van der Waals surface area contributed by atoms with E-state index in [0.717, 1.165) is 50.7 Å². The molecule has 1 aliphatic carbocycles. The summed E-state index contributed by atoms with van der Waals surface area (Å²) >= 11 is 0. The Bertz CT molecular complexity index is 3310. The summed E-state index contributed by atoms with van der Waals surface area (Å²) in [7, 11) is 0. The maximum atomic E-state index is 5.42. The van der Waals surface area contributed by atoms with Gasteiger partial charge in [-0.3, -0.25) is 4.57 Å². The van der Waals surface area contributed by atoms with Crippen molar-refractivity contribution >= 4 is 0 Å². The van der Waals surface area contributed by atoms with E-state index in [1.165, 1.54) is 50.1 Å². The number of rotatable bonds is 10. The zero-order chi connectivity index (χ0) is 44.2. The van der Waals surface area contributed by atoms with Gasteiger partial charge in [-0.05, 0) is 91.4 Å². The summed E-state index contributed by atoms with van der Waals surface area (Å²) in [6.07, 6.45) is 9.16. The number of benzene rings is 9. The molecule has 11 rings (SSSR count). The van der Waals surface area contributed by atoms with Crippen LogP contribution in [0.25, 0.3) is 95.2 Å². The molecule has 1 heterocycles. The van der Waals surface area contributed by atoms with Crippen molar-refractivity contribution in [1.29, 1.82) is 0 Å². The predicted octanol–water partition coefficient (Wildman–Crippen LogP) is 17.1. The fourth-order valence-corrected chi connectivity index (χ4v) is 9.80. The van der Waals surface area contributed by atoms with Crippen LogP contribution in [0.1, 0.15) is 18.4 Å². The van der Waals surface area contributed by atoms with E-state index in [1.807, 2.05) is 0 Å². The topological polar surface area (TPSA) is 17.8 Å². The summed E-state index contributed by atoms with van der Waals surface area (Å²) in [6.45, 7) is 2.35. The van der Waals surface area contributed by atoms with Gasteiger partial charge < -0.3 is 0 Å². The number of imidazole rings is 1. The smallest absolute Gasteiger partial charge is 0.145 e. The normalized spacial score (nSPS) is 14.3. The highest BCUT2D eigenvalue weighted by Crippen LogP contribution is 2.51.